The molecule has 1 atom stereocenters. The molecule has 2 amide bonds. The van der Waals surface area contributed by atoms with Gasteiger partial charge < -0.3 is 10.2 Å². The van der Waals surface area contributed by atoms with Crippen LogP contribution in [0.2, 0.25) is 0 Å². The molecule has 0 saturated carbocycles. The number of benzene rings is 1. The highest BCUT2D eigenvalue weighted by molar-refractivity contribution is 5.75. The quantitative estimate of drug-likeness (QED) is 0.939. The molecule has 1 aromatic heterocycles. The number of hydrogen-bond acceptors (Lipinski definition) is 3. The third-order valence-corrected chi connectivity index (χ3v) is 4.56. The van der Waals surface area contributed by atoms with Crippen molar-refractivity contribution in [3.8, 4) is 0 Å². The van der Waals surface area contributed by atoms with Gasteiger partial charge in [0.1, 0.15) is 12.1 Å². The lowest BCUT2D eigenvalue weighted by atomic mass is 9.90. The van der Waals surface area contributed by atoms with Crippen LogP contribution in [0.3, 0.4) is 0 Å². The van der Waals surface area contributed by atoms with E-state index in [2.05, 4.69) is 22.2 Å². The molecule has 6 heteroatoms. The fourth-order valence-corrected chi connectivity index (χ4v) is 3.28. The van der Waals surface area contributed by atoms with Gasteiger partial charge in [-0.25, -0.2) is 19.2 Å². The topological polar surface area (TPSA) is 58.1 Å². The average Bonchev–Trinajstić information content (AvgIpc) is 2.97. The van der Waals surface area contributed by atoms with Gasteiger partial charge in [0.25, 0.3) is 0 Å². The average molecular weight is 328 g/mol. The molecule has 2 aromatic rings. The number of urea groups is 1. The van der Waals surface area contributed by atoms with E-state index in [-0.39, 0.29) is 17.4 Å². The van der Waals surface area contributed by atoms with Gasteiger partial charge in [-0.05, 0) is 49.9 Å². The van der Waals surface area contributed by atoms with Crippen LogP contribution in [0.5, 0.6) is 0 Å². The lowest BCUT2D eigenvalue weighted by molar-refractivity contribution is 0.155. The smallest absolute Gasteiger partial charge is 0.318 e. The zero-order valence-corrected chi connectivity index (χ0v) is 13.7. The fraction of sp³-hybridized carbons (Fsp3) is 0.389. The SMILES string of the molecule is C[C@@]1(Cc2ccc(F)cc2)CCCN1C(=O)NCc1ccncn1. The van der Waals surface area contributed by atoms with Gasteiger partial charge in [-0.15, -0.1) is 0 Å². The lowest BCUT2D eigenvalue weighted by Gasteiger charge is -2.35. The van der Waals surface area contributed by atoms with Crippen LogP contribution in [0.4, 0.5) is 9.18 Å². The summed E-state index contributed by atoms with van der Waals surface area (Å²) in [6.45, 7) is 3.20. The maximum absolute atomic E-state index is 13.1. The number of rotatable bonds is 4. The lowest BCUT2D eigenvalue weighted by Crippen LogP contribution is -2.50. The molecule has 3 rings (SSSR count). The van der Waals surface area contributed by atoms with Crippen LogP contribution in [0.25, 0.3) is 0 Å². The Balaban J connectivity index is 1.65. The normalized spacial score (nSPS) is 20.2. The van der Waals surface area contributed by atoms with Crippen molar-refractivity contribution in [1.82, 2.24) is 20.2 Å². The molecule has 1 N–H and O–H groups in total. The first-order valence-corrected chi connectivity index (χ1v) is 8.12. The predicted octanol–water partition coefficient (Wildman–Crippen LogP) is 2.92. The third kappa shape index (κ3) is 3.69. The maximum Gasteiger partial charge on any atom is 0.318 e. The number of halogens is 1. The van der Waals surface area contributed by atoms with Crippen molar-refractivity contribution in [2.45, 2.75) is 38.3 Å². The number of carbonyl (C=O) groups is 1. The fourth-order valence-electron chi connectivity index (χ4n) is 3.28. The molecule has 1 aliphatic rings. The first-order chi connectivity index (χ1) is 11.6. The van der Waals surface area contributed by atoms with E-state index < -0.39 is 0 Å². The van der Waals surface area contributed by atoms with E-state index in [0.29, 0.717) is 13.0 Å². The molecule has 0 spiro atoms. The summed E-state index contributed by atoms with van der Waals surface area (Å²) in [4.78, 5) is 22.5. The Kier molecular flexibility index (Phi) is 4.74. The first kappa shape index (κ1) is 16.4. The van der Waals surface area contributed by atoms with Crippen molar-refractivity contribution in [1.29, 1.82) is 0 Å². The molecule has 5 nitrogen and oxygen atoms in total. The number of nitrogens with one attached hydrogen (secondary N) is 1. The van der Waals surface area contributed by atoms with Crippen LogP contribution in [0.1, 0.15) is 31.0 Å². The summed E-state index contributed by atoms with van der Waals surface area (Å²) in [7, 11) is 0. The Morgan fingerprint density at radius 1 is 1.33 bits per heavy atom. The summed E-state index contributed by atoms with van der Waals surface area (Å²) < 4.78 is 13.1. The number of aromatic nitrogens is 2. The minimum atomic E-state index is -0.256. The number of amides is 2. The number of nitrogens with zero attached hydrogens (tertiary/aromatic N) is 3. The summed E-state index contributed by atoms with van der Waals surface area (Å²) in [5.74, 6) is -0.241. The molecule has 1 aromatic carbocycles. The van der Waals surface area contributed by atoms with Crippen molar-refractivity contribution < 1.29 is 9.18 Å². The second-order valence-corrected chi connectivity index (χ2v) is 6.41. The largest absolute Gasteiger partial charge is 0.332 e. The van der Waals surface area contributed by atoms with Gasteiger partial charge in [-0.2, -0.15) is 0 Å². The van der Waals surface area contributed by atoms with Gasteiger partial charge >= 0.3 is 6.03 Å². The van der Waals surface area contributed by atoms with Crippen molar-refractivity contribution >= 4 is 6.03 Å². The molecular weight excluding hydrogens is 307 g/mol. The highest BCUT2D eigenvalue weighted by atomic mass is 19.1. The number of carbonyl (C=O) groups excluding carboxylic acids is 1. The van der Waals surface area contributed by atoms with Gasteiger partial charge in [0, 0.05) is 18.3 Å². The van der Waals surface area contributed by atoms with Crippen molar-refractivity contribution in [3.63, 3.8) is 0 Å². The van der Waals surface area contributed by atoms with Crippen LogP contribution >= 0.6 is 0 Å². The molecule has 0 aliphatic carbocycles. The number of hydrogen-bond donors (Lipinski definition) is 1. The van der Waals surface area contributed by atoms with E-state index in [4.69, 9.17) is 0 Å². The van der Waals surface area contributed by atoms with Crippen LogP contribution in [0.15, 0.2) is 42.9 Å². The van der Waals surface area contributed by atoms with Gasteiger partial charge in [-0.1, -0.05) is 12.1 Å². The molecule has 1 saturated heterocycles. The van der Waals surface area contributed by atoms with Gasteiger partial charge in [-0.3, -0.25) is 0 Å². The highest BCUT2D eigenvalue weighted by Crippen LogP contribution is 2.32. The van der Waals surface area contributed by atoms with E-state index in [0.717, 1.165) is 30.6 Å². The summed E-state index contributed by atoms with van der Waals surface area (Å²) in [6.07, 6.45) is 5.75. The minimum absolute atomic E-state index is 0.0873. The van der Waals surface area contributed by atoms with Gasteiger partial charge in [0.15, 0.2) is 0 Å². The van der Waals surface area contributed by atoms with E-state index >= 15 is 0 Å². The zero-order chi connectivity index (χ0) is 17.0. The number of likely N-dealkylation sites (tertiary alicyclic amines) is 1. The Morgan fingerprint density at radius 2 is 2.12 bits per heavy atom. The van der Waals surface area contributed by atoms with Gasteiger partial charge in [0.05, 0.1) is 12.2 Å². The summed E-state index contributed by atoms with van der Waals surface area (Å²) in [5, 5.41) is 2.93. The Labute approximate surface area is 140 Å². The second kappa shape index (κ2) is 6.95. The molecule has 126 valence electrons. The Hall–Kier alpha value is -2.50. The van der Waals surface area contributed by atoms with Crippen LogP contribution in [-0.2, 0) is 13.0 Å². The van der Waals surface area contributed by atoms with Crippen molar-refractivity contribution in [2.24, 2.45) is 0 Å². The molecule has 1 fully saturated rings. The Morgan fingerprint density at radius 3 is 2.83 bits per heavy atom. The van der Waals surface area contributed by atoms with E-state index in [1.807, 2.05) is 4.90 Å². The van der Waals surface area contributed by atoms with Crippen molar-refractivity contribution in [2.75, 3.05) is 6.54 Å². The van der Waals surface area contributed by atoms with Crippen LogP contribution in [-0.4, -0.2) is 33.0 Å². The second-order valence-electron chi connectivity index (χ2n) is 6.41. The summed E-state index contributed by atoms with van der Waals surface area (Å²) in [5.41, 5.74) is 1.56. The van der Waals surface area contributed by atoms with Crippen molar-refractivity contribution in [3.05, 3.63) is 59.9 Å². The van der Waals surface area contributed by atoms with E-state index in [9.17, 15) is 9.18 Å². The minimum Gasteiger partial charge on any atom is -0.332 e. The van der Waals surface area contributed by atoms with E-state index in [1.54, 1.807) is 24.4 Å². The Bertz CT molecular complexity index is 692. The summed E-state index contributed by atoms with van der Waals surface area (Å²) in [6, 6.07) is 8.20. The molecule has 24 heavy (non-hydrogen) atoms. The molecular formula is C18H21FN4O. The highest BCUT2D eigenvalue weighted by Gasteiger charge is 2.39. The maximum atomic E-state index is 13.1. The third-order valence-electron chi connectivity index (χ3n) is 4.56. The predicted molar refractivity (Wildman–Crippen MR) is 88.7 cm³/mol. The molecule has 0 bridgehead atoms. The van der Waals surface area contributed by atoms with Crippen LogP contribution in [0, 0.1) is 5.82 Å². The zero-order valence-electron chi connectivity index (χ0n) is 13.7. The van der Waals surface area contributed by atoms with Crippen LogP contribution < -0.4 is 5.32 Å². The standard InChI is InChI=1S/C18H21FN4O/c1-18(11-14-3-5-15(19)6-4-14)8-2-10-23(18)17(24)21-12-16-7-9-20-13-22-16/h3-7,9,13H,2,8,10-12H2,1H3,(H,21,24)/t18-/m0/s1. The van der Waals surface area contributed by atoms with Gasteiger partial charge in [0.2, 0.25) is 0 Å². The molecule has 1 aliphatic heterocycles. The first-order valence-electron chi connectivity index (χ1n) is 8.12. The molecule has 2 heterocycles. The summed E-state index contributed by atoms with van der Waals surface area (Å²) >= 11 is 0. The van der Waals surface area contributed by atoms with E-state index in [1.165, 1.54) is 18.5 Å². The molecule has 0 unspecified atom stereocenters. The monoisotopic (exact) mass is 328 g/mol. The molecule has 0 radical (unpaired) electrons.